The van der Waals surface area contributed by atoms with Gasteiger partial charge in [0.05, 0.1) is 22.3 Å². The van der Waals surface area contributed by atoms with E-state index in [0.29, 0.717) is 22.2 Å². The highest BCUT2D eigenvalue weighted by atomic mass is 35.5. The van der Waals surface area contributed by atoms with Gasteiger partial charge in [-0.2, -0.15) is 0 Å². The molecule has 27 heavy (non-hydrogen) atoms. The molecule has 4 rings (SSSR count). The quantitative estimate of drug-likeness (QED) is 0.604. The molecule has 3 aromatic rings. The molecule has 0 radical (unpaired) electrons. The van der Waals surface area contributed by atoms with Crippen LogP contribution in [0.25, 0.3) is 20.9 Å². The van der Waals surface area contributed by atoms with Crippen molar-refractivity contribution in [2.24, 2.45) is 0 Å². The number of rotatable bonds is 5. The summed E-state index contributed by atoms with van der Waals surface area (Å²) >= 11 is 8.97. The van der Waals surface area contributed by atoms with Crippen molar-refractivity contribution in [2.75, 3.05) is 17.3 Å². The minimum Gasteiger partial charge on any atom is -0.410 e. The third-order valence-corrected chi connectivity index (χ3v) is 8.31. The van der Waals surface area contributed by atoms with E-state index < -0.39 is 9.84 Å². The van der Waals surface area contributed by atoms with E-state index in [1.54, 1.807) is 0 Å². The molecule has 7 nitrogen and oxygen atoms in total. The van der Waals surface area contributed by atoms with E-state index in [1.807, 2.05) is 24.3 Å². The van der Waals surface area contributed by atoms with E-state index in [4.69, 9.17) is 16.0 Å². The molecule has 1 aliphatic heterocycles. The van der Waals surface area contributed by atoms with E-state index in [0.717, 1.165) is 21.8 Å². The largest absolute Gasteiger partial charge is 0.410 e. The number of carbonyl (C=O) groups excluding carboxylic acids is 1. The van der Waals surface area contributed by atoms with Gasteiger partial charge < -0.3 is 9.73 Å². The minimum absolute atomic E-state index is 0.00144. The number of amides is 1. The fourth-order valence-corrected chi connectivity index (χ4v) is 6.50. The molecule has 0 bridgehead atoms. The molecular formula is C16H14ClN3O4S3. The Balaban J connectivity index is 1.39. The van der Waals surface area contributed by atoms with Gasteiger partial charge in [0.15, 0.2) is 9.84 Å². The number of carbonyl (C=O) groups is 1. The van der Waals surface area contributed by atoms with Crippen molar-refractivity contribution in [3.05, 3.63) is 29.3 Å². The summed E-state index contributed by atoms with van der Waals surface area (Å²) in [5.74, 6) is 0.234. The average molecular weight is 444 g/mol. The number of thiophene rings is 1. The maximum Gasteiger partial charge on any atom is 0.277 e. The van der Waals surface area contributed by atoms with Crippen molar-refractivity contribution >= 4 is 60.5 Å². The van der Waals surface area contributed by atoms with Crippen LogP contribution in [0, 0.1) is 0 Å². The topological polar surface area (TPSA) is 102 Å². The van der Waals surface area contributed by atoms with Gasteiger partial charge in [0.2, 0.25) is 5.91 Å². The first-order valence-corrected chi connectivity index (χ1v) is 12.0. The van der Waals surface area contributed by atoms with Crippen LogP contribution < -0.4 is 5.32 Å². The molecule has 1 N–H and O–H groups in total. The molecular weight excluding hydrogens is 430 g/mol. The Kier molecular flexibility index (Phi) is 5.15. The molecule has 1 atom stereocenters. The van der Waals surface area contributed by atoms with E-state index in [-0.39, 0.29) is 34.4 Å². The number of hydrogen-bond acceptors (Lipinski definition) is 8. The van der Waals surface area contributed by atoms with Crippen molar-refractivity contribution in [1.29, 1.82) is 0 Å². The van der Waals surface area contributed by atoms with Crippen LogP contribution in [0.1, 0.15) is 6.42 Å². The number of nitrogens with one attached hydrogen (secondary N) is 1. The lowest BCUT2D eigenvalue weighted by molar-refractivity contribution is -0.119. The van der Waals surface area contributed by atoms with Crippen LogP contribution in [0.15, 0.2) is 33.9 Å². The van der Waals surface area contributed by atoms with Gasteiger partial charge in [0.25, 0.3) is 11.1 Å². The van der Waals surface area contributed by atoms with Gasteiger partial charge >= 0.3 is 0 Å². The SMILES string of the molecule is O=C(CSc1nnc(-c2sc3ccccc3c2Cl)o1)N[C@@H]1CCS(=O)(=O)C1. The minimum atomic E-state index is -3.02. The highest BCUT2D eigenvalue weighted by Gasteiger charge is 2.29. The lowest BCUT2D eigenvalue weighted by atomic mass is 10.2. The Bertz CT molecular complexity index is 1110. The van der Waals surface area contributed by atoms with Gasteiger partial charge in [-0.3, -0.25) is 4.79 Å². The number of nitrogens with zero attached hydrogens (tertiary/aromatic N) is 2. The molecule has 2 aromatic heterocycles. The van der Waals surface area contributed by atoms with E-state index >= 15 is 0 Å². The van der Waals surface area contributed by atoms with Crippen LogP contribution >= 0.6 is 34.7 Å². The van der Waals surface area contributed by atoms with Gasteiger partial charge in [0.1, 0.15) is 4.88 Å². The summed E-state index contributed by atoms with van der Waals surface area (Å²) in [6, 6.07) is 7.42. The lowest BCUT2D eigenvalue weighted by Gasteiger charge is -2.09. The molecule has 0 unspecified atom stereocenters. The number of benzene rings is 1. The average Bonchev–Trinajstić information content (AvgIpc) is 3.31. The summed E-state index contributed by atoms with van der Waals surface area (Å²) in [7, 11) is -3.02. The number of sulfone groups is 1. The standard InChI is InChI=1S/C16H14ClN3O4S3/c17-13-10-3-1-2-4-11(10)26-14(13)15-19-20-16(24-15)25-7-12(21)18-9-5-6-27(22,23)8-9/h1-4,9H,5-8H2,(H,18,21)/t9-/m1/s1. The second-order valence-corrected chi connectivity index (χ2v) is 10.7. The van der Waals surface area contributed by atoms with Gasteiger partial charge in [0, 0.05) is 16.1 Å². The number of fused-ring (bicyclic) bond motifs is 1. The van der Waals surface area contributed by atoms with Gasteiger partial charge in [-0.05, 0) is 12.5 Å². The Morgan fingerprint density at radius 2 is 2.19 bits per heavy atom. The first-order chi connectivity index (χ1) is 12.9. The van der Waals surface area contributed by atoms with Crippen LogP contribution in [0.4, 0.5) is 0 Å². The maximum atomic E-state index is 12.0. The van der Waals surface area contributed by atoms with Crippen molar-refractivity contribution < 1.29 is 17.6 Å². The third kappa shape index (κ3) is 4.13. The molecule has 0 aliphatic carbocycles. The Morgan fingerprint density at radius 3 is 2.93 bits per heavy atom. The molecule has 11 heteroatoms. The van der Waals surface area contributed by atoms with Crippen molar-refractivity contribution in [3.8, 4) is 10.8 Å². The van der Waals surface area contributed by atoms with Gasteiger partial charge in [-0.1, -0.05) is 41.6 Å². The number of thioether (sulfide) groups is 1. The Hall–Kier alpha value is -1.62. The highest BCUT2D eigenvalue weighted by Crippen LogP contribution is 2.41. The van der Waals surface area contributed by atoms with Crippen molar-refractivity contribution in [2.45, 2.75) is 17.7 Å². The zero-order valence-electron chi connectivity index (χ0n) is 13.8. The summed E-state index contributed by atoms with van der Waals surface area (Å²) < 4.78 is 29.5. The Labute approximate surface area is 168 Å². The van der Waals surface area contributed by atoms with Gasteiger partial charge in [-0.25, -0.2) is 8.42 Å². The van der Waals surface area contributed by atoms with Crippen molar-refractivity contribution in [3.63, 3.8) is 0 Å². The predicted molar refractivity (Wildman–Crippen MR) is 106 cm³/mol. The van der Waals surface area contributed by atoms with E-state index in [9.17, 15) is 13.2 Å². The fraction of sp³-hybridized carbons (Fsp3) is 0.312. The summed E-state index contributed by atoms with van der Waals surface area (Å²) in [5, 5.41) is 12.4. The zero-order chi connectivity index (χ0) is 19.0. The zero-order valence-corrected chi connectivity index (χ0v) is 17.1. The second-order valence-electron chi connectivity index (χ2n) is 6.07. The summed E-state index contributed by atoms with van der Waals surface area (Å²) in [5.41, 5.74) is 0. The molecule has 1 amide bonds. The summed E-state index contributed by atoms with van der Waals surface area (Å²) in [4.78, 5) is 12.7. The smallest absolute Gasteiger partial charge is 0.277 e. The molecule has 1 fully saturated rings. The number of halogens is 1. The van der Waals surface area contributed by atoms with Crippen molar-refractivity contribution in [1.82, 2.24) is 15.5 Å². The van der Waals surface area contributed by atoms with Crippen LogP contribution in [-0.4, -0.2) is 47.8 Å². The predicted octanol–water partition coefficient (Wildman–Crippen LogP) is 3.00. The van der Waals surface area contributed by atoms with E-state index in [2.05, 4.69) is 15.5 Å². The summed E-state index contributed by atoms with van der Waals surface area (Å²) in [6.45, 7) is 0. The Morgan fingerprint density at radius 1 is 1.37 bits per heavy atom. The molecule has 0 saturated carbocycles. The molecule has 1 aliphatic rings. The normalized spacial score (nSPS) is 18.8. The first-order valence-electron chi connectivity index (χ1n) is 8.05. The third-order valence-electron chi connectivity index (χ3n) is 4.06. The fourth-order valence-electron chi connectivity index (χ4n) is 2.82. The molecule has 3 heterocycles. The highest BCUT2D eigenvalue weighted by molar-refractivity contribution is 7.99. The van der Waals surface area contributed by atoms with Crippen LogP contribution in [0.2, 0.25) is 5.02 Å². The first kappa shape index (κ1) is 18.7. The maximum absolute atomic E-state index is 12.0. The molecule has 142 valence electrons. The number of aromatic nitrogens is 2. The monoisotopic (exact) mass is 443 g/mol. The molecule has 0 spiro atoms. The molecule has 1 saturated heterocycles. The lowest BCUT2D eigenvalue weighted by Crippen LogP contribution is -2.36. The van der Waals surface area contributed by atoms with E-state index in [1.165, 1.54) is 11.3 Å². The van der Waals surface area contributed by atoms with Gasteiger partial charge in [-0.15, -0.1) is 21.5 Å². The van der Waals surface area contributed by atoms with Crippen LogP contribution in [0.5, 0.6) is 0 Å². The molecule has 1 aromatic carbocycles. The van der Waals surface area contributed by atoms with Crippen LogP contribution in [-0.2, 0) is 14.6 Å². The second kappa shape index (κ2) is 7.42. The number of hydrogen-bond donors (Lipinski definition) is 1. The van der Waals surface area contributed by atoms with Crippen LogP contribution in [0.3, 0.4) is 0 Å². The summed E-state index contributed by atoms with van der Waals surface area (Å²) in [6.07, 6.45) is 0.452.